The van der Waals surface area contributed by atoms with Crippen molar-refractivity contribution in [3.63, 3.8) is 0 Å². The zero-order valence-corrected chi connectivity index (χ0v) is 12.4. The van der Waals surface area contributed by atoms with Crippen LogP contribution in [0.25, 0.3) is 0 Å². The molecular formula is C15H21N3O3. The first-order valence-electron chi connectivity index (χ1n) is 7.18. The van der Waals surface area contributed by atoms with E-state index in [9.17, 15) is 9.59 Å². The van der Waals surface area contributed by atoms with E-state index in [1.165, 1.54) is 4.90 Å². The summed E-state index contributed by atoms with van der Waals surface area (Å²) >= 11 is 0. The van der Waals surface area contributed by atoms with Gasteiger partial charge in [0.1, 0.15) is 12.3 Å². The first kappa shape index (κ1) is 15.2. The molecule has 6 heteroatoms. The van der Waals surface area contributed by atoms with Gasteiger partial charge in [-0.25, -0.2) is 4.79 Å². The monoisotopic (exact) mass is 291 g/mol. The van der Waals surface area contributed by atoms with Gasteiger partial charge in [0, 0.05) is 24.8 Å². The van der Waals surface area contributed by atoms with Crippen LogP contribution in [-0.2, 0) is 4.79 Å². The standard InChI is InChI=1S/C15H21N3O3/c1-3-11(2)21-13-6-4-5-12(9-13)17-15(20)18-8-7-16-14(19)10-18/h4-6,9,11H,3,7-8,10H2,1-2H3,(H,16,19)(H,17,20). The van der Waals surface area contributed by atoms with Crippen molar-refractivity contribution in [3.8, 4) is 5.75 Å². The Kier molecular flexibility index (Phi) is 5.03. The Morgan fingerprint density at radius 2 is 2.33 bits per heavy atom. The summed E-state index contributed by atoms with van der Waals surface area (Å²) in [4.78, 5) is 24.9. The summed E-state index contributed by atoms with van der Waals surface area (Å²) < 4.78 is 5.72. The molecule has 6 nitrogen and oxygen atoms in total. The second-order valence-electron chi connectivity index (χ2n) is 5.07. The van der Waals surface area contributed by atoms with Crippen molar-refractivity contribution in [1.29, 1.82) is 0 Å². The van der Waals surface area contributed by atoms with Crippen LogP contribution in [0.3, 0.4) is 0 Å². The van der Waals surface area contributed by atoms with E-state index in [4.69, 9.17) is 4.74 Å². The summed E-state index contributed by atoms with van der Waals surface area (Å²) in [6, 6.07) is 7.00. The van der Waals surface area contributed by atoms with Gasteiger partial charge < -0.3 is 20.3 Å². The van der Waals surface area contributed by atoms with E-state index in [-0.39, 0.29) is 24.6 Å². The van der Waals surface area contributed by atoms with E-state index >= 15 is 0 Å². The molecule has 1 heterocycles. The lowest BCUT2D eigenvalue weighted by Crippen LogP contribution is -2.51. The number of nitrogens with one attached hydrogen (secondary N) is 2. The summed E-state index contributed by atoms with van der Waals surface area (Å²) in [6.07, 6.45) is 1.04. The summed E-state index contributed by atoms with van der Waals surface area (Å²) in [5.74, 6) is 0.587. The average Bonchev–Trinajstić information content (AvgIpc) is 2.47. The maximum Gasteiger partial charge on any atom is 0.322 e. The van der Waals surface area contributed by atoms with Gasteiger partial charge >= 0.3 is 6.03 Å². The highest BCUT2D eigenvalue weighted by molar-refractivity contribution is 5.93. The van der Waals surface area contributed by atoms with Gasteiger partial charge in [-0.1, -0.05) is 13.0 Å². The number of carbonyl (C=O) groups excluding carboxylic acids is 2. The molecule has 0 spiro atoms. The van der Waals surface area contributed by atoms with Gasteiger partial charge in [0.05, 0.1) is 6.10 Å². The fourth-order valence-electron chi connectivity index (χ4n) is 1.98. The second kappa shape index (κ2) is 6.97. The molecule has 1 unspecified atom stereocenters. The Hall–Kier alpha value is -2.24. The van der Waals surface area contributed by atoms with Crippen molar-refractivity contribution >= 4 is 17.6 Å². The average molecular weight is 291 g/mol. The van der Waals surface area contributed by atoms with Crippen LogP contribution in [0.4, 0.5) is 10.5 Å². The zero-order valence-electron chi connectivity index (χ0n) is 12.4. The van der Waals surface area contributed by atoms with Crippen LogP contribution >= 0.6 is 0 Å². The van der Waals surface area contributed by atoms with Crippen LogP contribution in [0, 0.1) is 0 Å². The molecule has 21 heavy (non-hydrogen) atoms. The minimum atomic E-state index is -0.273. The Morgan fingerprint density at radius 3 is 3.05 bits per heavy atom. The minimum absolute atomic E-state index is 0.0922. The Labute approximate surface area is 124 Å². The predicted octanol–water partition coefficient (Wildman–Crippen LogP) is 1.83. The number of carbonyl (C=O) groups is 2. The first-order chi connectivity index (χ1) is 10.1. The van der Waals surface area contributed by atoms with E-state index in [1.807, 2.05) is 19.1 Å². The van der Waals surface area contributed by atoms with Crippen LogP contribution in [0.5, 0.6) is 5.75 Å². The molecule has 1 aliphatic heterocycles. The van der Waals surface area contributed by atoms with Gasteiger partial charge in [0.15, 0.2) is 0 Å². The summed E-state index contributed by atoms with van der Waals surface area (Å²) in [6.45, 7) is 5.15. The van der Waals surface area contributed by atoms with Gasteiger partial charge in [-0.2, -0.15) is 0 Å². The molecule has 0 saturated carbocycles. The molecule has 1 aromatic carbocycles. The highest BCUT2D eigenvalue weighted by atomic mass is 16.5. The van der Waals surface area contributed by atoms with Crippen LogP contribution in [-0.4, -0.2) is 42.6 Å². The SMILES string of the molecule is CCC(C)Oc1cccc(NC(=O)N2CCNC(=O)C2)c1. The van der Waals surface area contributed by atoms with Crippen molar-refractivity contribution in [3.05, 3.63) is 24.3 Å². The molecule has 0 aliphatic carbocycles. The molecule has 2 N–H and O–H groups in total. The number of urea groups is 1. The zero-order chi connectivity index (χ0) is 15.2. The van der Waals surface area contributed by atoms with Crippen molar-refractivity contribution in [2.24, 2.45) is 0 Å². The lowest BCUT2D eigenvalue weighted by atomic mass is 10.2. The minimum Gasteiger partial charge on any atom is -0.491 e. The normalized spacial score (nSPS) is 16.1. The van der Waals surface area contributed by atoms with Gasteiger partial charge in [-0.15, -0.1) is 0 Å². The number of hydrogen-bond donors (Lipinski definition) is 2. The molecule has 1 fully saturated rings. The van der Waals surface area contributed by atoms with Crippen molar-refractivity contribution in [2.45, 2.75) is 26.4 Å². The smallest absolute Gasteiger partial charge is 0.322 e. The third-order valence-corrected chi connectivity index (χ3v) is 3.32. The number of rotatable bonds is 4. The fourth-order valence-corrected chi connectivity index (χ4v) is 1.98. The molecule has 1 aromatic rings. The Bertz CT molecular complexity index is 519. The van der Waals surface area contributed by atoms with Gasteiger partial charge in [0.2, 0.25) is 5.91 Å². The number of hydrogen-bond acceptors (Lipinski definition) is 3. The molecule has 1 saturated heterocycles. The van der Waals surface area contributed by atoms with Gasteiger partial charge in [0.25, 0.3) is 0 Å². The maximum absolute atomic E-state index is 12.1. The summed E-state index contributed by atoms with van der Waals surface area (Å²) in [5, 5.41) is 5.48. The second-order valence-corrected chi connectivity index (χ2v) is 5.07. The molecule has 1 atom stereocenters. The molecule has 0 aromatic heterocycles. The largest absolute Gasteiger partial charge is 0.491 e. The quantitative estimate of drug-likeness (QED) is 0.889. The fraction of sp³-hybridized carbons (Fsp3) is 0.467. The van der Waals surface area contributed by atoms with E-state index in [0.717, 1.165) is 12.2 Å². The van der Waals surface area contributed by atoms with Crippen molar-refractivity contribution < 1.29 is 14.3 Å². The van der Waals surface area contributed by atoms with E-state index in [2.05, 4.69) is 17.6 Å². The van der Waals surface area contributed by atoms with E-state index < -0.39 is 0 Å². The Morgan fingerprint density at radius 1 is 1.52 bits per heavy atom. The summed E-state index contributed by atoms with van der Waals surface area (Å²) in [5.41, 5.74) is 0.659. The molecule has 0 radical (unpaired) electrons. The summed E-state index contributed by atoms with van der Waals surface area (Å²) in [7, 11) is 0. The molecule has 1 aliphatic rings. The van der Waals surface area contributed by atoms with Crippen LogP contribution in [0.15, 0.2) is 24.3 Å². The van der Waals surface area contributed by atoms with Crippen LogP contribution in [0.1, 0.15) is 20.3 Å². The highest BCUT2D eigenvalue weighted by Gasteiger charge is 2.21. The topological polar surface area (TPSA) is 70.7 Å². The number of piperazine rings is 1. The van der Waals surface area contributed by atoms with Crippen LogP contribution in [0.2, 0.25) is 0 Å². The van der Waals surface area contributed by atoms with Gasteiger partial charge in [-0.05, 0) is 25.5 Å². The molecule has 0 bridgehead atoms. The number of ether oxygens (including phenoxy) is 1. The molecule has 114 valence electrons. The number of nitrogens with zero attached hydrogens (tertiary/aromatic N) is 1. The van der Waals surface area contributed by atoms with Crippen molar-refractivity contribution in [2.75, 3.05) is 25.0 Å². The molecular weight excluding hydrogens is 270 g/mol. The van der Waals surface area contributed by atoms with Crippen molar-refractivity contribution in [1.82, 2.24) is 10.2 Å². The lowest BCUT2D eigenvalue weighted by Gasteiger charge is -2.26. The predicted molar refractivity (Wildman–Crippen MR) is 80.4 cm³/mol. The molecule has 2 rings (SSSR count). The third kappa shape index (κ3) is 4.37. The number of anilines is 1. The Balaban J connectivity index is 1.97. The van der Waals surface area contributed by atoms with E-state index in [1.54, 1.807) is 12.1 Å². The maximum atomic E-state index is 12.1. The first-order valence-corrected chi connectivity index (χ1v) is 7.18. The third-order valence-electron chi connectivity index (χ3n) is 3.32. The van der Waals surface area contributed by atoms with E-state index in [0.29, 0.717) is 18.8 Å². The number of benzene rings is 1. The highest BCUT2D eigenvalue weighted by Crippen LogP contribution is 2.19. The number of amides is 3. The van der Waals surface area contributed by atoms with Crippen LogP contribution < -0.4 is 15.4 Å². The molecule has 3 amide bonds. The van der Waals surface area contributed by atoms with Gasteiger partial charge in [-0.3, -0.25) is 4.79 Å². The lowest BCUT2D eigenvalue weighted by molar-refractivity contribution is -0.123.